The number of rotatable bonds is 1. The minimum Gasteiger partial charge on any atom is -0.264 e. The van der Waals surface area contributed by atoms with E-state index in [-0.39, 0.29) is 5.56 Å². The van der Waals surface area contributed by atoms with Gasteiger partial charge in [-0.15, -0.1) is 0 Å². The molecule has 0 spiro atoms. The molecule has 13 heavy (non-hydrogen) atoms. The van der Waals surface area contributed by atoms with E-state index in [2.05, 4.69) is 4.98 Å². The van der Waals surface area contributed by atoms with E-state index in [0.29, 0.717) is 5.56 Å². The zero-order valence-electron chi connectivity index (χ0n) is 6.80. The summed E-state index contributed by atoms with van der Waals surface area (Å²) in [6.45, 7) is 1.45. The number of pyridine rings is 1. The molecule has 5 heteroatoms. The van der Waals surface area contributed by atoms with Crippen LogP contribution in [0.3, 0.4) is 0 Å². The first kappa shape index (κ1) is 9.98. The van der Waals surface area contributed by atoms with Gasteiger partial charge in [-0.05, 0) is 18.6 Å². The first-order chi connectivity index (χ1) is 5.93. The van der Waals surface area contributed by atoms with E-state index in [0.717, 1.165) is 6.20 Å². The predicted molar refractivity (Wildman–Crippen MR) is 38.5 cm³/mol. The van der Waals surface area contributed by atoms with E-state index in [1.807, 2.05) is 0 Å². The molecule has 0 aromatic carbocycles. The molecule has 0 saturated heterocycles. The van der Waals surface area contributed by atoms with E-state index in [1.165, 1.54) is 19.2 Å². The van der Waals surface area contributed by atoms with Gasteiger partial charge >= 0.3 is 6.18 Å². The van der Waals surface area contributed by atoms with Crippen LogP contribution in [0.2, 0.25) is 0 Å². The van der Waals surface area contributed by atoms with Gasteiger partial charge in [-0.25, -0.2) is 5.11 Å². The van der Waals surface area contributed by atoms with Crippen molar-refractivity contribution in [2.75, 3.05) is 0 Å². The molecule has 0 aliphatic heterocycles. The van der Waals surface area contributed by atoms with Crippen LogP contribution >= 0.6 is 0 Å². The van der Waals surface area contributed by atoms with Gasteiger partial charge in [0.1, 0.15) is 0 Å². The lowest BCUT2D eigenvalue weighted by molar-refractivity contribution is -0.225. The molecule has 0 N–H and O–H groups in total. The summed E-state index contributed by atoms with van der Waals surface area (Å²) >= 11 is 0. The second-order valence-corrected chi connectivity index (χ2v) is 2.65. The van der Waals surface area contributed by atoms with Crippen LogP contribution in [-0.2, 0) is 5.11 Å². The van der Waals surface area contributed by atoms with Crippen molar-refractivity contribution >= 4 is 0 Å². The normalized spacial score (nSPS) is 14.2. The summed E-state index contributed by atoms with van der Waals surface area (Å²) < 4.78 is 35.9. The molecule has 0 fully saturated rings. The summed E-state index contributed by atoms with van der Waals surface area (Å²) in [6, 6.07) is 1.38. The Balaban J connectivity index is 3.02. The first-order valence-corrected chi connectivity index (χ1v) is 3.56. The highest BCUT2D eigenvalue weighted by atomic mass is 19.4. The monoisotopic (exact) mass is 190 g/mol. The number of aryl methyl sites for hydroxylation is 1. The molecule has 1 rings (SSSR count). The predicted octanol–water partition coefficient (Wildman–Crippen LogP) is 2.42. The van der Waals surface area contributed by atoms with Crippen molar-refractivity contribution in [1.29, 1.82) is 0 Å². The van der Waals surface area contributed by atoms with Crippen molar-refractivity contribution in [3.05, 3.63) is 29.6 Å². The second kappa shape index (κ2) is 3.33. The van der Waals surface area contributed by atoms with Gasteiger partial charge in [-0.3, -0.25) is 4.98 Å². The maximum atomic E-state index is 12.0. The second-order valence-electron chi connectivity index (χ2n) is 2.65. The zero-order chi connectivity index (χ0) is 10.1. The van der Waals surface area contributed by atoms with Crippen LogP contribution in [-0.4, -0.2) is 11.2 Å². The Kier molecular flexibility index (Phi) is 2.56. The quantitative estimate of drug-likeness (QED) is 0.669. The van der Waals surface area contributed by atoms with Crippen molar-refractivity contribution in [1.82, 2.24) is 4.98 Å². The van der Waals surface area contributed by atoms with Crippen LogP contribution < -0.4 is 0 Å². The third kappa shape index (κ3) is 2.18. The lowest BCUT2D eigenvalue weighted by Crippen LogP contribution is -2.20. The first-order valence-electron chi connectivity index (χ1n) is 3.56. The Morgan fingerprint density at radius 3 is 2.54 bits per heavy atom. The van der Waals surface area contributed by atoms with Crippen LogP contribution in [0.1, 0.15) is 17.2 Å². The van der Waals surface area contributed by atoms with Gasteiger partial charge in [0.25, 0.3) is 0 Å². The van der Waals surface area contributed by atoms with Gasteiger partial charge in [0.05, 0.1) is 0 Å². The summed E-state index contributed by atoms with van der Waals surface area (Å²) in [7, 11) is 0. The Morgan fingerprint density at radius 1 is 1.46 bits per heavy atom. The number of hydrogen-bond acceptors (Lipinski definition) is 1. The molecule has 1 unspecified atom stereocenters. The fourth-order valence-electron chi connectivity index (χ4n) is 0.927. The topological polar surface area (TPSA) is 32.8 Å². The maximum Gasteiger partial charge on any atom is 0.422 e. The van der Waals surface area contributed by atoms with Crippen molar-refractivity contribution in [2.24, 2.45) is 0 Å². The molecule has 1 radical (unpaired) electrons. The molecule has 1 aromatic heterocycles. The van der Waals surface area contributed by atoms with Crippen molar-refractivity contribution < 1.29 is 18.3 Å². The Morgan fingerprint density at radius 2 is 2.08 bits per heavy atom. The van der Waals surface area contributed by atoms with Gasteiger partial charge in [0.2, 0.25) is 6.10 Å². The molecule has 71 valence electrons. The molecule has 0 bridgehead atoms. The molecular formula is C8H7F3NO. The van der Waals surface area contributed by atoms with Gasteiger partial charge in [0.15, 0.2) is 0 Å². The molecule has 2 nitrogen and oxygen atoms in total. The lowest BCUT2D eigenvalue weighted by Gasteiger charge is -2.13. The van der Waals surface area contributed by atoms with Crippen LogP contribution in [0.25, 0.3) is 0 Å². The average Bonchev–Trinajstić information content (AvgIpc) is 2.02. The van der Waals surface area contributed by atoms with Gasteiger partial charge < -0.3 is 0 Å². The summed E-state index contributed by atoms with van der Waals surface area (Å²) in [5.74, 6) is 0. The van der Waals surface area contributed by atoms with Gasteiger partial charge in [0, 0.05) is 18.0 Å². The highest BCUT2D eigenvalue weighted by molar-refractivity contribution is 5.24. The number of nitrogens with zero attached hydrogens (tertiary/aromatic N) is 1. The third-order valence-corrected chi connectivity index (χ3v) is 1.66. The standard InChI is InChI=1S/C8H7F3NO/c1-5-2-3-12-4-6(5)7(13)8(9,10)11/h2-4,7H,1H3. The van der Waals surface area contributed by atoms with E-state index in [9.17, 15) is 18.3 Å². The summed E-state index contributed by atoms with van der Waals surface area (Å²) in [4.78, 5) is 3.48. The van der Waals surface area contributed by atoms with Gasteiger partial charge in [-0.1, -0.05) is 0 Å². The fraction of sp³-hybridized carbons (Fsp3) is 0.375. The highest BCUT2D eigenvalue weighted by Crippen LogP contribution is 2.33. The molecule has 0 amide bonds. The Hall–Kier alpha value is -1.10. The summed E-state index contributed by atoms with van der Waals surface area (Å²) in [6.07, 6.45) is -5.13. The van der Waals surface area contributed by atoms with Crippen LogP contribution in [0.15, 0.2) is 18.5 Å². The molecule has 1 atom stereocenters. The van der Waals surface area contributed by atoms with Crippen molar-refractivity contribution in [3.8, 4) is 0 Å². The highest BCUT2D eigenvalue weighted by Gasteiger charge is 2.41. The van der Waals surface area contributed by atoms with Crippen LogP contribution in [0.5, 0.6) is 0 Å². The average molecular weight is 190 g/mol. The number of hydrogen-bond donors (Lipinski definition) is 0. The van der Waals surface area contributed by atoms with Crippen LogP contribution in [0.4, 0.5) is 13.2 Å². The Labute approximate surface area is 73.0 Å². The molecule has 0 aliphatic rings. The fourth-order valence-corrected chi connectivity index (χ4v) is 0.927. The van der Waals surface area contributed by atoms with Crippen molar-refractivity contribution in [3.63, 3.8) is 0 Å². The minimum absolute atomic E-state index is 0.310. The van der Waals surface area contributed by atoms with E-state index < -0.39 is 12.3 Å². The SMILES string of the molecule is Cc1ccncc1C([O])C(F)(F)F. The number of aromatic nitrogens is 1. The van der Waals surface area contributed by atoms with E-state index in [4.69, 9.17) is 0 Å². The lowest BCUT2D eigenvalue weighted by atomic mass is 10.1. The number of halogens is 3. The number of alkyl halides is 3. The maximum absolute atomic E-state index is 12.0. The zero-order valence-corrected chi connectivity index (χ0v) is 6.80. The molecule has 0 aliphatic carbocycles. The molecule has 1 heterocycles. The van der Waals surface area contributed by atoms with Crippen molar-refractivity contribution in [2.45, 2.75) is 19.2 Å². The third-order valence-electron chi connectivity index (χ3n) is 1.66. The minimum atomic E-state index is -4.74. The molecule has 0 saturated carbocycles. The molecular weight excluding hydrogens is 183 g/mol. The van der Waals surface area contributed by atoms with Crippen LogP contribution in [0, 0.1) is 6.92 Å². The molecule has 1 aromatic rings. The van der Waals surface area contributed by atoms with Gasteiger partial charge in [-0.2, -0.15) is 13.2 Å². The Bertz CT molecular complexity index is 298. The van der Waals surface area contributed by atoms with E-state index >= 15 is 0 Å². The summed E-state index contributed by atoms with van der Waals surface area (Å²) in [5, 5.41) is 10.8. The smallest absolute Gasteiger partial charge is 0.264 e. The summed E-state index contributed by atoms with van der Waals surface area (Å²) in [5.41, 5.74) is 0.00215. The van der Waals surface area contributed by atoms with E-state index in [1.54, 1.807) is 0 Å². The largest absolute Gasteiger partial charge is 0.422 e.